The maximum absolute atomic E-state index is 5.61. The molecule has 1 aromatic heterocycles. The molecule has 0 aliphatic heterocycles. The van der Waals surface area contributed by atoms with Gasteiger partial charge < -0.3 is 4.52 Å². The molecule has 0 bridgehead atoms. The second-order valence-electron chi connectivity index (χ2n) is 3.67. The predicted molar refractivity (Wildman–Crippen MR) is 70.3 cm³/mol. The van der Waals surface area contributed by atoms with Crippen molar-refractivity contribution in [2.24, 2.45) is 0 Å². The Morgan fingerprint density at radius 1 is 1.29 bits per heavy atom. The number of hydrogen-bond donors (Lipinski definition) is 0. The molecule has 0 unspecified atom stereocenters. The fourth-order valence-corrected chi connectivity index (χ4v) is 2.05. The monoisotopic (exact) mass is 314 g/mol. The summed E-state index contributed by atoms with van der Waals surface area (Å²) in [5, 5.41) is 3.96. The summed E-state index contributed by atoms with van der Waals surface area (Å²) in [7, 11) is 0. The Kier molecular flexibility index (Phi) is 4.57. The number of rotatable bonds is 5. The second-order valence-corrected chi connectivity index (χ2v) is 4.90. The number of benzene rings is 1. The minimum atomic E-state index is 0.613. The SMILES string of the molecule is ClCCCc1nc(Cc2ccccc2Br)no1. The molecule has 0 saturated heterocycles. The molecule has 17 heavy (non-hydrogen) atoms. The predicted octanol–water partition coefficient (Wildman–Crippen LogP) is 3.59. The summed E-state index contributed by atoms with van der Waals surface area (Å²) < 4.78 is 6.21. The minimum Gasteiger partial charge on any atom is -0.339 e. The van der Waals surface area contributed by atoms with Crippen LogP contribution in [0.2, 0.25) is 0 Å². The second kappa shape index (κ2) is 6.17. The van der Waals surface area contributed by atoms with Gasteiger partial charge in [-0.1, -0.05) is 39.3 Å². The molecule has 0 N–H and O–H groups in total. The van der Waals surface area contributed by atoms with E-state index in [0.717, 1.165) is 22.9 Å². The summed E-state index contributed by atoms with van der Waals surface area (Å²) in [5.41, 5.74) is 1.15. The third kappa shape index (κ3) is 3.54. The van der Waals surface area contributed by atoms with Crippen LogP contribution >= 0.6 is 27.5 Å². The van der Waals surface area contributed by atoms with E-state index in [-0.39, 0.29) is 0 Å². The first-order valence-corrected chi connectivity index (χ1v) is 6.73. The Morgan fingerprint density at radius 2 is 2.12 bits per heavy atom. The van der Waals surface area contributed by atoms with Crippen molar-refractivity contribution in [1.29, 1.82) is 0 Å². The molecule has 90 valence electrons. The van der Waals surface area contributed by atoms with E-state index in [0.29, 0.717) is 24.0 Å². The van der Waals surface area contributed by atoms with Crippen molar-refractivity contribution in [3.63, 3.8) is 0 Å². The van der Waals surface area contributed by atoms with Crippen LogP contribution in [0.3, 0.4) is 0 Å². The molecule has 0 amide bonds. The summed E-state index contributed by atoms with van der Waals surface area (Å²) in [6.45, 7) is 0. The molecular weight excluding hydrogens is 304 g/mol. The van der Waals surface area contributed by atoms with Crippen molar-refractivity contribution in [2.75, 3.05) is 5.88 Å². The molecule has 1 heterocycles. The van der Waals surface area contributed by atoms with Crippen LogP contribution in [0.1, 0.15) is 23.7 Å². The Balaban J connectivity index is 2.04. The Hall–Kier alpha value is -0.870. The van der Waals surface area contributed by atoms with E-state index in [1.165, 1.54) is 0 Å². The Morgan fingerprint density at radius 3 is 2.88 bits per heavy atom. The van der Waals surface area contributed by atoms with Gasteiger partial charge in [0.15, 0.2) is 5.82 Å². The van der Waals surface area contributed by atoms with E-state index in [9.17, 15) is 0 Å². The average Bonchev–Trinajstić information content (AvgIpc) is 2.77. The molecule has 2 aromatic rings. The zero-order chi connectivity index (χ0) is 12.1. The van der Waals surface area contributed by atoms with Gasteiger partial charge in [0.1, 0.15) is 0 Å². The number of aryl methyl sites for hydroxylation is 1. The Labute approximate surface area is 113 Å². The van der Waals surface area contributed by atoms with Gasteiger partial charge in [0.05, 0.1) is 0 Å². The molecule has 0 spiro atoms. The molecule has 0 aliphatic carbocycles. The fourth-order valence-electron chi connectivity index (χ4n) is 1.49. The third-order valence-corrected chi connectivity index (χ3v) is 3.38. The molecule has 0 radical (unpaired) electrons. The quantitative estimate of drug-likeness (QED) is 0.791. The van der Waals surface area contributed by atoms with Crippen LogP contribution in [0.4, 0.5) is 0 Å². The fraction of sp³-hybridized carbons (Fsp3) is 0.333. The highest BCUT2D eigenvalue weighted by molar-refractivity contribution is 9.10. The van der Waals surface area contributed by atoms with Crippen molar-refractivity contribution in [2.45, 2.75) is 19.3 Å². The number of aromatic nitrogens is 2. The number of alkyl halides is 1. The first-order chi connectivity index (χ1) is 8.29. The van der Waals surface area contributed by atoms with Crippen molar-refractivity contribution < 1.29 is 4.52 Å². The van der Waals surface area contributed by atoms with Gasteiger partial charge in [0.25, 0.3) is 0 Å². The van der Waals surface area contributed by atoms with Crippen LogP contribution in [0, 0.1) is 0 Å². The smallest absolute Gasteiger partial charge is 0.226 e. The third-order valence-electron chi connectivity index (χ3n) is 2.34. The summed E-state index contributed by atoms with van der Waals surface area (Å²) in [4.78, 5) is 4.33. The van der Waals surface area contributed by atoms with Crippen LogP contribution in [0.25, 0.3) is 0 Å². The van der Waals surface area contributed by atoms with E-state index in [4.69, 9.17) is 16.1 Å². The van der Waals surface area contributed by atoms with Gasteiger partial charge in [0.2, 0.25) is 5.89 Å². The van der Waals surface area contributed by atoms with Gasteiger partial charge in [0, 0.05) is 23.2 Å². The molecule has 1 aromatic carbocycles. The van der Waals surface area contributed by atoms with Gasteiger partial charge in [-0.25, -0.2) is 0 Å². The molecule has 3 nitrogen and oxygen atoms in total. The highest BCUT2D eigenvalue weighted by atomic mass is 79.9. The first-order valence-electron chi connectivity index (χ1n) is 5.40. The number of nitrogens with zero attached hydrogens (tertiary/aromatic N) is 2. The van der Waals surface area contributed by atoms with Crippen LogP contribution in [0.15, 0.2) is 33.3 Å². The van der Waals surface area contributed by atoms with Crippen LogP contribution in [-0.4, -0.2) is 16.0 Å². The molecule has 2 rings (SSSR count). The lowest BCUT2D eigenvalue weighted by atomic mass is 10.1. The molecular formula is C12H12BrClN2O. The Bertz CT molecular complexity index is 487. The topological polar surface area (TPSA) is 38.9 Å². The molecule has 0 fully saturated rings. The van der Waals surface area contributed by atoms with E-state index in [1.54, 1.807) is 0 Å². The lowest BCUT2D eigenvalue weighted by molar-refractivity contribution is 0.373. The van der Waals surface area contributed by atoms with Crippen molar-refractivity contribution in [3.05, 3.63) is 46.0 Å². The molecule has 0 atom stereocenters. The van der Waals surface area contributed by atoms with Gasteiger partial charge >= 0.3 is 0 Å². The summed E-state index contributed by atoms with van der Waals surface area (Å²) in [5.74, 6) is 1.98. The normalized spacial score (nSPS) is 10.7. The average molecular weight is 316 g/mol. The van der Waals surface area contributed by atoms with Crippen LogP contribution < -0.4 is 0 Å². The van der Waals surface area contributed by atoms with E-state index in [1.807, 2.05) is 24.3 Å². The van der Waals surface area contributed by atoms with Crippen molar-refractivity contribution in [3.8, 4) is 0 Å². The maximum Gasteiger partial charge on any atom is 0.226 e. The largest absolute Gasteiger partial charge is 0.339 e. The van der Waals surface area contributed by atoms with Crippen molar-refractivity contribution in [1.82, 2.24) is 10.1 Å². The summed E-state index contributed by atoms with van der Waals surface area (Å²) >= 11 is 9.11. The van der Waals surface area contributed by atoms with Gasteiger partial charge in [-0.05, 0) is 18.1 Å². The molecule has 0 saturated carbocycles. The standard InChI is InChI=1S/C12H12BrClN2O/c13-10-5-2-1-4-9(10)8-11-15-12(17-16-11)6-3-7-14/h1-2,4-5H,3,6-8H2. The molecule has 0 aliphatic rings. The van der Waals surface area contributed by atoms with E-state index < -0.39 is 0 Å². The van der Waals surface area contributed by atoms with E-state index in [2.05, 4.69) is 26.1 Å². The van der Waals surface area contributed by atoms with Crippen LogP contribution in [-0.2, 0) is 12.8 Å². The number of hydrogen-bond acceptors (Lipinski definition) is 3. The van der Waals surface area contributed by atoms with Gasteiger partial charge in [-0.15, -0.1) is 11.6 Å². The highest BCUT2D eigenvalue weighted by Gasteiger charge is 2.08. The van der Waals surface area contributed by atoms with E-state index >= 15 is 0 Å². The molecule has 5 heteroatoms. The summed E-state index contributed by atoms with van der Waals surface area (Å²) in [6.07, 6.45) is 2.27. The maximum atomic E-state index is 5.61. The van der Waals surface area contributed by atoms with Crippen molar-refractivity contribution >= 4 is 27.5 Å². The zero-order valence-electron chi connectivity index (χ0n) is 9.20. The zero-order valence-corrected chi connectivity index (χ0v) is 11.5. The highest BCUT2D eigenvalue weighted by Crippen LogP contribution is 2.18. The minimum absolute atomic E-state index is 0.613. The van der Waals surface area contributed by atoms with Gasteiger partial charge in [-0.3, -0.25) is 0 Å². The first kappa shape index (κ1) is 12.6. The van der Waals surface area contributed by atoms with Gasteiger partial charge in [-0.2, -0.15) is 4.98 Å². The lowest BCUT2D eigenvalue weighted by Crippen LogP contribution is -1.93. The lowest BCUT2D eigenvalue weighted by Gasteiger charge is -1.99. The number of halogens is 2. The summed E-state index contributed by atoms with van der Waals surface area (Å²) in [6, 6.07) is 8.02. The van der Waals surface area contributed by atoms with Crippen LogP contribution in [0.5, 0.6) is 0 Å².